The molecule has 1 aromatic heterocycles. The van der Waals surface area contributed by atoms with Crippen LogP contribution in [0.5, 0.6) is 0 Å². The van der Waals surface area contributed by atoms with E-state index in [0.29, 0.717) is 18.2 Å². The second kappa shape index (κ2) is 7.24. The minimum absolute atomic E-state index is 0.321. The number of amides is 1. The zero-order valence-corrected chi connectivity index (χ0v) is 13.4. The summed E-state index contributed by atoms with van der Waals surface area (Å²) in [5, 5.41) is 7.28. The third-order valence-electron chi connectivity index (χ3n) is 4.71. The Hall–Kier alpha value is -1.40. The molecule has 122 valence electrons. The fourth-order valence-corrected chi connectivity index (χ4v) is 3.31. The van der Waals surface area contributed by atoms with Gasteiger partial charge in [-0.1, -0.05) is 5.16 Å². The summed E-state index contributed by atoms with van der Waals surface area (Å²) in [4.78, 5) is 16.6. The van der Waals surface area contributed by atoms with Crippen molar-refractivity contribution in [2.24, 2.45) is 5.92 Å². The van der Waals surface area contributed by atoms with Gasteiger partial charge in [-0.05, 0) is 38.8 Å². The van der Waals surface area contributed by atoms with Crippen molar-refractivity contribution in [2.45, 2.75) is 32.7 Å². The van der Waals surface area contributed by atoms with Gasteiger partial charge in [-0.2, -0.15) is 0 Å². The first-order valence-corrected chi connectivity index (χ1v) is 8.34. The largest absolute Gasteiger partial charge is 0.360 e. The van der Waals surface area contributed by atoms with Gasteiger partial charge in [0.25, 0.3) is 0 Å². The van der Waals surface area contributed by atoms with Crippen molar-refractivity contribution < 1.29 is 9.32 Å². The SMILES string of the molecule is Cc1cc(CN2CCN(C(=O)CCC3CCNC3)CC2)on1. The summed E-state index contributed by atoms with van der Waals surface area (Å²) in [5.41, 5.74) is 0.921. The maximum absolute atomic E-state index is 12.3. The number of nitrogens with zero attached hydrogens (tertiary/aromatic N) is 3. The van der Waals surface area contributed by atoms with E-state index in [4.69, 9.17) is 4.52 Å². The number of piperazine rings is 1. The Labute approximate surface area is 131 Å². The Balaban J connectivity index is 1.38. The Morgan fingerprint density at radius 2 is 2.23 bits per heavy atom. The topological polar surface area (TPSA) is 61.6 Å². The van der Waals surface area contributed by atoms with Gasteiger partial charge in [-0.3, -0.25) is 9.69 Å². The summed E-state index contributed by atoms with van der Waals surface area (Å²) >= 11 is 0. The van der Waals surface area contributed by atoms with Crippen LogP contribution in [-0.4, -0.2) is 60.1 Å². The fourth-order valence-electron chi connectivity index (χ4n) is 3.31. The lowest BCUT2D eigenvalue weighted by molar-refractivity contribution is -0.133. The van der Waals surface area contributed by atoms with Crippen molar-refractivity contribution in [3.63, 3.8) is 0 Å². The van der Waals surface area contributed by atoms with Gasteiger partial charge in [0.15, 0.2) is 5.76 Å². The predicted molar refractivity (Wildman–Crippen MR) is 83.3 cm³/mol. The molecular weight excluding hydrogens is 280 g/mol. The first-order valence-electron chi connectivity index (χ1n) is 8.34. The normalized spacial score (nSPS) is 23.1. The van der Waals surface area contributed by atoms with Crippen molar-refractivity contribution in [1.29, 1.82) is 0 Å². The smallest absolute Gasteiger partial charge is 0.222 e. The van der Waals surface area contributed by atoms with Gasteiger partial charge < -0.3 is 14.7 Å². The van der Waals surface area contributed by atoms with Gasteiger partial charge in [0.05, 0.1) is 12.2 Å². The summed E-state index contributed by atoms with van der Waals surface area (Å²) in [7, 11) is 0. The molecule has 0 saturated carbocycles. The molecule has 1 atom stereocenters. The lowest BCUT2D eigenvalue weighted by atomic mass is 10.0. The van der Waals surface area contributed by atoms with Crippen LogP contribution in [0.1, 0.15) is 30.7 Å². The first kappa shape index (κ1) is 15.5. The highest BCUT2D eigenvalue weighted by molar-refractivity contribution is 5.76. The van der Waals surface area contributed by atoms with Crippen LogP contribution in [0.15, 0.2) is 10.6 Å². The van der Waals surface area contributed by atoms with Crippen LogP contribution >= 0.6 is 0 Å². The van der Waals surface area contributed by atoms with Gasteiger partial charge in [0, 0.05) is 38.7 Å². The highest BCUT2D eigenvalue weighted by atomic mass is 16.5. The maximum atomic E-state index is 12.3. The summed E-state index contributed by atoms with van der Waals surface area (Å²) in [6.45, 7) is 8.40. The van der Waals surface area contributed by atoms with E-state index in [9.17, 15) is 4.79 Å². The van der Waals surface area contributed by atoms with E-state index in [0.717, 1.165) is 63.7 Å². The fraction of sp³-hybridized carbons (Fsp3) is 0.750. The van der Waals surface area contributed by atoms with Gasteiger partial charge in [0.1, 0.15) is 0 Å². The molecule has 2 aliphatic rings. The molecule has 0 spiro atoms. The van der Waals surface area contributed by atoms with Crippen molar-refractivity contribution in [3.8, 4) is 0 Å². The molecule has 0 aromatic carbocycles. The number of hydrogen-bond acceptors (Lipinski definition) is 5. The van der Waals surface area contributed by atoms with Crippen LogP contribution in [-0.2, 0) is 11.3 Å². The molecule has 1 unspecified atom stereocenters. The van der Waals surface area contributed by atoms with Gasteiger partial charge in [0.2, 0.25) is 5.91 Å². The Bertz CT molecular complexity index is 488. The number of carbonyl (C=O) groups excluding carboxylic acids is 1. The van der Waals surface area contributed by atoms with Gasteiger partial charge in [-0.15, -0.1) is 0 Å². The van der Waals surface area contributed by atoms with E-state index in [2.05, 4.69) is 15.4 Å². The molecule has 6 heteroatoms. The average molecular weight is 306 g/mol. The van der Waals surface area contributed by atoms with E-state index < -0.39 is 0 Å². The number of nitrogens with one attached hydrogen (secondary N) is 1. The molecule has 1 amide bonds. The molecule has 0 aliphatic carbocycles. The van der Waals surface area contributed by atoms with E-state index in [-0.39, 0.29) is 0 Å². The van der Waals surface area contributed by atoms with Crippen LogP contribution in [0.2, 0.25) is 0 Å². The Morgan fingerprint density at radius 3 is 2.86 bits per heavy atom. The molecule has 2 fully saturated rings. The molecule has 22 heavy (non-hydrogen) atoms. The summed E-state index contributed by atoms with van der Waals surface area (Å²) in [6, 6.07) is 1.98. The lowest BCUT2D eigenvalue weighted by Gasteiger charge is -2.34. The monoisotopic (exact) mass is 306 g/mol. The van der Waals surface area contributed by atoms with Crippen LogP contribution in [0.3, 0.4) is 0 Å². The first-order chi connectivity index (χ1) is 10.7. The second-order valence-electron chi connectivity index (χ2n) is 6.49. The van der Waals surface area contributed by atoms with Crippen LogP contribution in [0, 0.1) is 12.8 Å². The highest BCUT2D eigenvalue weighted by Gasteiger charge is 2.23. The van der Waals surface area contributed by atoms with E-state index in [1.807, 2.05) is 17.9 Å². The maximum Gasteiger partial charge on any atom is 0.222 e. The van der Waals surface area contributed by atoms with E-state index >= 15 is 0 Å². The molecule has 2 saturated heterocycles. The summed E-state index contributed by atoms with van der Waals surface area (Å²) in [5.74, 6) is 1.92. The Morgan fingerprint density at radius 1 is 1.41 bits per heavy atom. The minimum Gasteiger partial charge on any atom is -0.360 e. The van der Waals surface area contributed by atoms with Crippen LogP contribution in [0.4, 0.5) is 0 Å². The van der Waals surface area contributed by atoms with Crippen LogP contribution < -0.4 is 5.32 Å². The van der Waals surface area contributed by atoms with Gasteiger partial charge >= 0.3 is 0 Å². The summed E-state index contributed by atoms with van der Waals surface area (Å²) in [6.07, 6.45) is 2.95. The minimum atomic E-state index is 0.321. The number of carbonyl (C=O) groups is 1. The van der Waals surface area contributed by atoms with E-state index in [1.165, 1.54) is 6.42 Å². The molecule has 0 bridgehead atoms. The van der Waals surface area contributed by atoms with Crippen LogP contribution in [0.25, 0.3) is 0 Å². The number of aromatic nitrogens is 1. The number of aryl methyl sites for hydroxylation is 1. The van der Waals surface area contributed by atoms with Crippen molar-refractivity contribution in [1.82, 2.24) is 20.3 Å². The third-order valence-corrected chi connectivity index (χ3v) is 4.71. The number of rotatable bonds is 5. The van der Waals surface area contributed by atoms with E-state index in [1.54, 1.807) is 0 Å². The molecule has 3 heterocycles. The molecule has 6 nitrogen and oxygen atoms in total. The molecule has 2 aliphatic heterocycles. The molecular formula is C16H26N4O2. The predicted octanol–water partition coefficient (Wildman–Crippen LogP) is 1.02. The van der Waals surface area contributed by atoms with Crippen molar-refractivity contribution in [3.05, 3.63) is 17.5 Å². The molecule has 3 rings (SSSR count). The Kier molecular flexibility index (Phi) is 5.10. The zero-order valence-electron chi connectivity index (χ0n) is 13.4. The lowest BCUT2D eigenvalue weighted by Crippen LogP contribution is -2.48. The molecule has 1 N–H and O–H groups in total. The highest BCUT2D eigenvalue weighted by Crippen LogP contribution is 2.16. The average Bonchev–Trinajstić information content (AvgIpc) is 3.17. The standard InChI is InChI=1S/C16H26N4O2/c1-13-10-15(22-18-13)12-19-6-8-20(9-7-19)16(21)3-2-14-4-5-17-11-14/h10,14,17H,2-9,11-12H2,1H3. The third kappa shape index (κ3) is 4.08. The number of hydrogen-bond donors (Lipinski definition) is 1. The van der Waals surface area contributed by atoms with Crippen molar-refractivity contribution >= 4 is 5.91 Å². The quantitative estimate of drug-likeness (QED) is 0.880. The zero-order chi connectivity index (χ0) is 15.4. The second-order valence-corrected chi connectivity index (χ2v) is 6.49. The summed E-state index contributed by atoms with van der Waals surface area (Å²) < 4.78 is 5.26. The van der Waals surface area contributed by atoms with Crippen molar-refractivity contribution in [2.75, 3.05) is 39.3 Å². The molecule has 1 aromatic rings. The molecule has 0 radical (unpaired) electrons. The van der Waals surface area contributed by atoms with Gasteiger partial charge in [-0.25, -0.2) is 0 Å².